The Bertz CT molecular complexity index is 949. The van der Waals surface area contributed by atoms with Crippen molar-refractivity contribution in [3.8, 4) is 6.07 Å². The van der Waals surface area contributed by atoms with Gasteiger partial charge in [-0.1, -0.05) is 12.1 Å². The minimum Gasteiger partial charge on any atom is -0.321 e. The minimum absolute atomic E-state index is 0.125. The van der Waals surface area contributed by atoms with Gasteiger partial charge in [-0.2, -0.15) is 5.26 Å². The number of imidazole rings is 1. The van der Waals surface area contributed by atoms with Gasteiger partial charge in [-0.15, -0.1) is 11.3 Å². The highest BCUT2D eigenvalue weighted by atomic mass is 32.1. The second-order valence-corrected chi connectivity index (χ2v) is 5.88. The van der Waals surface area contributed by atoms with E-state index in [0.29, 0.717) is 10.6 Å². The molecule has 3 rings (SSSR count). The zero-order valence-corrected chi connectivity index (χ0v) is 13.7. The SMILES string of the molecule is Cc1csc(/C(C#N)=C/NNC(=O)Cn2cnc3ccccc32)n1. The number of hydrazine groups is 1. The van der Waals surface area contributed by atoms with Crippen LogP contribution in [0.5, 0.6) is 0 Å². The van der Waals surface area contributed by atoms with E-state index in [9.17, 15) is 4.79 Å². The van der Waals surface area contributed by atoms with Crippen LogP contribution in [0.1, 0.15) is 10.7 Å². The van der Waals surface area contributed by atoms with Gasteiger partial charge in [0.1, 0.15) is 23.2 Å². The smallest absolute Gasteiger partial charge is 0.258 e. The molecule has 0 saturated heterocycles. The van der Waals surface area contributed by atoms with Crippen molar-refractivity contribution in [2.24, 2.45) is 0 Å². The number of hydrogen-bond acceptors (Lipinski definition) is 6. The van der Waals surface area contributed by atoms with Gasteiger partial charge in [-0.3, -0.25) is 10.2 Å². The monoisotopic (exact) mass is 338 g/mol. The summed E-state index contributed by atoms with van der Waals surface area (Å²) in [5.41, 5.74) is 8.13. The summed E-state index contributed by atoms with van der Waals surface area (Å²) in [4.78, 5) is 20.5. The molecule has 8 heteroatoms. The number of para-hydroxylation sites is 2. The Hall–Kier alpha value is -3.18. The van der Waals surface area contributed by atoms with Gasteiger partial charge in [0.25, 0.3) is 5.91 Å². The Labute approximate surface area is 142 Å². The van der Waals surface area contributed by atoms with Crippen molar-refractivity contribution in [1.29, 1.82) is 5.26 Å². The van der Waals surface area contributed by atoms with Gasteiger partial charge in [0, 0.05) is 17.3 Å². The van der Waals surface area contributed by atoms with E-state index in [2.05, 4.69) is 26.9 Å². The molecule has 0 spiro atoms. The molecule has 120 valence electrons. The molecule has 0 aliphatic carbocycles. The predicted molar refractivity (Wildman–Crippen MR) is 91.5 cm³/mol. The van der Waals surface area contributed by atoms with Gasteiger partial charge in [-0.25, -0.2) is 9.97 Å². The number of nitriles is 1. The number of fused-ring (bicyclic) bond motifs is 1. The zero-order chi connectivity index (χ0) is 16.9. The van der Waals surface area contributed by atoms with E-state index in [1.165, 1.54) is 17.5 Å². The summed E-state index contributed by atoms with van der Waals surface area (Å²) >= 11 is 1.38. The normalized spacial score (nSPS) is 11.2. The van der Waals surface area contributed by atoms with Crippen LogP contribution in [-0.4, -0.2) is 20.4 Å². The highest BCUT2D eigenvalue weighted by Crippen LogP contribution is 2.17. The second kappa shape index (κ2) is 6.93. The van der Waals surface area contributed by atoms with Crippen molar-refractivity contribution in [2.75, 3.05) is 0 Å². The zero-order valence-electron chi connectivity index (χ0n) is 12.9. The van der Waals surface area contributed by atoms with Crippen molar-refractivity contribution >= 4 is 33.9 Å². The minimum atomic E-state index is -0.248. The van der Waals surface area contributed by atoms with Crippen molar-refractivity contribution in [3.05, 3.63) is 52.9 Å². The van der Waals surface area contributed by atoms with Gasteiger partial charge < -0.3 is 9.99 Å². The molecule has 0 bridgehead atoms. The second-order valence-electron chi connectivity index (χ2n) is 5.02. The first-order valence-electron chi connectivity index (χ1n) is 7.14. The largest absolute Gasteiger partial charge is 0.321 e. The summed E-state index contributed by atoms with van der Waals surface area (Å²) in [6.07, 6.45) is 3.06. The van der Waals surface area contributed by atoms with Crippen LogP contribution < -0.4 is 10.9 Å². The van der Waals surface area contributed by atoms with E-state index >= 15 is 0 Å². The molecule has 7 nitrogen and oxygen atoms in total. The highest BCUT2D eigenvalue weighted by molar-refractivity contribution is 7.10. The topological polar surface area (TPSA) is 95.6 Å². The van der Waals surface area contributed by atoms with Gasteiger partial charge in [0.05, 0.1) is 17.4 Å². The molecule has 0 radical (unpaired) electrons. The first-order chi connectivity index (χ1) is 11.7. The summed E-state index contributed by atoms with van der Waals surface area (Å²) in [6.45, 7) is 1.99. The molecule has 1 aromatic carbocycles. The van der Waals surface area contributed by atoms with Gasteiger partial charge >= 0.3 is 0 Å². The molecule has 2 heterocycles. The number of rotatable bonds is 5. The number of nitrogens with one attached hydrogen (secondary N) is 2. The fraction of sp³-hybridized carbons (Fsp3) is 0.125. The molecule has 3 aromatic rings. The van der Waals surface area contributed by atoms with E-state index in [1.807, 2.05) is 36.6 Å². The van der Waals surface area contributed by atoms with Gasteiger partial charge in [-0.05, 0) is 19.1 Å². The number of hydrogen-bond donors (Lipinski definition) is 2. The molecule has 1 amide bonds. The van der Waals surface area contributed by atoms with E-state index in [1.54, 1.807) is 10.9 Å². The fourth-order valence-corrected chi connectivity index (χ4v) is 2.90. The standard InChI is InChI=1S/C16H14N6OS/c1-11-9-24-16(20-11)12(6-17)7-19-21-15(23)8-22-10-18-13-4-2-3-5-14(13)22/h2-5,7,9-10,19H,8H2,1H3,(H,21,23)/b12-7+. The third-order valence-electron chi connectivity index (χ3n) is 3.24. The van der Waals surface area contributed by atoms with Crippen molar-refractivity contribution in [2.45, 2.75) is 13.5 Å². The van der Waals surface area contributed by atoms with Crippen LogP contribution in [-0.2, 0) is 11.3 Å². The van der Waals surface area contributed by atoms with Crippen molar-refractivity contribution in [3.63, 3.8) is 0 Å². The Morgan fingerprint density at radius 3 is 3.04 bits per heavy atom. The summed E-state index contributed by atoms with van der Waals surface area (Å²) in [6, 6.07) is 9.64. The van der Waals surface area contributed by atoms with E-state index in [-0.39, 0.29) is 12.5 Å². The number of benzene rings is 1. The molecule has 0 saturated carbocycles. The number of aryl methyl sites for hydroxylation is 1. The number of allylic oxidation sites excluding steroid dienone is 1. The average molecular weight is 338 g/mol. The lowest BCUT2D eigenvalue weighted by atomic mass is 10.3. The molecular weight excluding hydrogens is 324 g/mol. The Kier molecular flexibility index (Phi) is 4.54. The molecule has 24 heavy (non-hydrogen) atoms. The maximum absolute atomic E-state index is 12.0. The van der Waals surface area contributed by atoms with Crippen molar-refractivity contribution < 1.29 is 4.79 Å². The number of carbonyl (C=O) groups excluding carboxylic acids is 1. The third-order valence-corrected chi connectivity index (χ3v) is 4.23. The van der Waals surface area contributed by atoms with Crippen LogP contribution in [0.4, 0.5) is 0 Å². The molecule has 0 fully saturated rings. The summed E-state index contributed by atoms with van der Waals surface area (Å²) in [7, 11) is 0. The lowest BCUT2D eigenvalue weighted by molar-refractivity contribution is -0.122. The van der Waals surface area contributed by atoms with E-state index < -0.39 is 0 Å². The van der Waals surface area contributed by atoms with Crippen molar-refractivity contribution in [1.82, 2.24) is 25.4 Å². The number of nitrogens with zero attached hydrogens (tertiary/aromatic N) is 4. The summed E-state index contributed by atoms with van der Waals surface area (Å²) in [5, 5.41) is 11.6. The van der Waals surface area contributed by atoms with Crippen LogP contribution in [0.15, 0.2) is 42.2 Å². The molecule has 0 aliphatic rings. The molecule has 2 aromatic heterocycles. The maximum atomic E-state index is 12.0. The van der Waals surface area contributed by atoms with E-state index in [0.717, 1.165) is 16.7 Å². The predicted octanol–water partition coefficient (Wildman–Crippen LogP) is 1.99. The lowest BCUT2D eigenvalue weighted by Gasteiger charge is -2.06. The highest BCUT2D eigenvalue weighted by Gasteiger charge is 2.07. The van der Waals surface area contributed by atoms with Crippen LogP contribution >= 0.6 is 11.3 Å². The molecular formula is C16H14N6OS. The third kappa shape index (κ3) is 3.42. The first kappa shape index (κ1) is 15.7. The summed E-state index contributed by atoms with van der Waals surface area (Å²) in [5.74, 6) is -0.248. The molecule has 0 unspecified atom stereocenters. The first-order valence-corrected chi connectivity index (χ1v) is 8.02. The average Bonchev–Trinajstić information content (AvgIpc) is 3.19. The number of thiazole rings is 1. The maximum Gasteiger partial charge on any atom is 0.258 e. The molecule has 0 aliphatic heterocycles. The Morgan fingerprint density at radius 1 is 1.46 bits per heavy atom. The van der Waals surface area contributed by atoms with Crippen LogP contribution in [0, 0.1) is 18.3 Å². The number of aromatic nitrogens is 3. The molecule has 0 atom stereocenters. The number of carbonyl (C=O) groups is 1. The van der Waals surface area contributed by atoms with E-state index in [4.69, 9.17) is 5.26 Å². The van der Waals surface area contributed by atoms with Crippen LogP contribution in [0.25, 0.3) is 16.6 Å². The quantitative estimate of drug-likeness (QED) is 0.548. The van der Waals surface area contributed by atoms with Crippen LogP contribution in [0.3, 0.4) is 0 Å². The van der Waals surface area contributed by atoms with Crippen LogP contribution in [0.2, 0.25) is 0 Å². The lowest BCUT2D eigenvalue weighted by Crippen LogP contribution is -2.36. The van der Waals surface area contributed by atoms with Gasteiger partial charge in [0.2, 0.25) is 0 Å². The van der Waals surface area contributed by atoms with Gasteiger partial charge in [0.15, 0.2) is 0 Å². The Morgan fingerprint density at radius 2 is 2.29 bits per heavy atom. The summed E-state index contributed by atoms with van der Waals surface area (Å²) < 4.78 is 1.76. The molecule has 2 N–H and O–H groups in total. The Balaban J connectivity index is 1.61. The fourth-order valence-electron chi connectivity index (χ4n) is 2.14. The number of amides is 1.